The maximum atomic E-state index is 12.2. The molecule has 0 unspecified atom stereocenters. The van der Waals surface area contributed by atoms with E-state index in [4.69, 9.17) is 0 Å². The number of aryl methyl sites for hydroxylation is 2. The molecule has 1 atom stereocenters. The van der Waals surface area contributed by atoms with Gasteiger partial charge < -0.3 is 10.6 Å². The Morgan fingerprint density at radius 2 is 2.00 bits per heavy atom. The van der Waals surface area contributed by atoms with Crippen LogP contribution in [0.15, 0.2) is 24.3 Å². The number of rotatable bonds is 6. The second-order valence-corrected chi connectivity index (χ2v) is 7.18. The lowest BCUT2D eigenvalue weighted by Crippen LogP contribution is -2.31. The Bertz CT molecular complexity index is 759. The van der Waals surface area contributed by atoms with Gasteiger partial charge in [-0.3, -0.25) is 9.59 Å². The van der Waals surface area contributed by atoms with Gasteiger partial charge in [-0.2, -0.15) is 0 Å². The van der Waals surface area contributed by atoms with Crippen molar-refractivity contribution in [1.82, 2.24) is 15.5 Å². The van der Waals surface area contributed by atoms with Crippen molar-refractivity contribution in [2.75, 3.05) is 5.32 Å². The molecule has 0 bridgehead atoms. The van der Waals surface area contributed by atoms with Crippen LogP contribution < -0.4 is 10.6 Å². The first-order chi connectivity index (χ1) is 12.2. The number of amides is 2. The van der Waals surface area contributed by atoms with Crippen molar-refractivity contribution in [2.24, 2.45) is 0 Å². The van der Waals surface area contributed by atoms with Gasteiger partial charge >= 0.3 is 0 Å². The first-order valence-electron chi connectivity index (χ1n) is 8.65. The molecule has 2 amide bonds. The number of hydrogen-bond acceptors (Lipinski definition) is 5. The number of carbonyl (C=O) groups is 2. The summed E-state index contributed by atoms with van der Waals surface area (Å²) in [6.45, 7) is 1.99. The minimum Gasteiger partial charge on any atom is -0.349 e. The van der Waals surface area contributed by atoms with Crippen LogP contribution in [0.2, 0.25) is 0 Å². The highest BCUT2D eigenvalue weighted by Crippen LogP contribution is 2.29. The number of carbonyl (C=O) groups excluding carboxylic acids is 2. The molecule has 3 rings (SSSR count). The van der Waals surface area contributed by atoms with Crippen LogP contribution in [0, 0.1) is 0 Å². The minimum atomic E-state index is -0.210. The van der Waals surface area contributed by atoms with Gasteiger partial charge in [0.15, 0.2) is 0 Å². The fourth-order valence-corrected chi connectivity index (χ4v) is 3.72. The first kappa shape index (κ1) is 17.5. The molecule has 0 saturated heterocycles. The molecule has 2 aromatic rings. The number of benzene rings is 1. The van der Waals surface area contributed by atoms with Gasteiger partial charge in [-0.15, -0.1) is 10.2 Å². The van der Waals surface area contributed by atoms with E-state index in [0.29, 0.717) is 5.13 Å². The third kappa shape index (κ3) is 4.63. The number of fused-ring (bicyclic) bond motifs is 1. The molecule has 0 fully saturated rings. The van der Waals surface area contributed by atoms with Crippen LogP contribution in [0.3, 0.4) is 0 Å². The second kappa shape index (κ2) is 8.20. The Morgan fingerprint density at radius 3 is 2.80 bits per heavy atom. The first-order valence-corrected chi connectivity index (χ1v) is 9.46. The van der Waals surface area contributed by atoms with Crippen LogP contribution in [0.25, 0.3) is 0 Å². The molecule has 0 radical (unpaired) electrons. The highest BCUT2D eigenvalue weighted by Gasteiger charge is 2.21. The largest absolute Gasteiger partial charge is 0.349 e. The van der Waals surface area contributed by atoms with Gasteiger partial charge in [0.2, 0.25) is 16.9 Å². The van der Waals surface area contributed by atoms with Crippen molar-refractivity contribution >= 4 is 28.3 Å². The number of nitrogens with one attached hydrogen (secondary N) is 2. The predicted molar refractivity (Wildman–Crippen MR) is 97.4 cm³/mol. The van der Waals surface area contributed by atoms with E-state index < -0.39 is 0 Å². The Hall–Kier alpha value is -2.28. The van der Waals surface area contributed by atoms with E-state index in [1.807, 2.05) is 19.1 Å². The lowest BCUT2D eigenvalue weighted by atomic mass is 9.87. The van der Waals surface area contributed by atoms with Gasteiger partial charge in [0.05, 0.1) is 6.04 Å². The number of anilines is 1. The number of aromatic nitrogens is 2. The highest BCUT2D eigenvalue weighted by atomic mass is 32.1. The van der Waals surface area contributed by atoms with Crippen molar-refractivity contribution in [1.29, 1.82) is 0 Å². The lowest BCUT2D eigenvalue weighted by molar-refractivity contribution is -0.125. The fraction of sp³-hybridized carbons (Fsp3) is 0.444. The fourth-order valence-electron chi connectivity index (χ4n) is 3.03. The minimum absolute atomic E-state index is 0.0517. The summed E-state index contributed by atoms with van der Waals surface area (Å²) in [4.78, 5) is 24.2. The van der Waals surface area contributed by atoms with Gasteiger partial charge in [0.1, 0.15) is 5.01 Å². The normalized spacial score (nSPS) is 16.1. The van der Waals surface area contributed by atoms with E-state index >= 15 is 0 Å². The third-order valence-corrected chi connectivity index (χ3v) is 5.28. The SMILES string of the molecule is CCc1nnc(NC(=O)CCC(=O)N[C@@H]2CCCc3ccccc32)s1. The van der Waals surface area contributed by atoms with Crippen LogP contribution in [-0.4, -0.2) is 22.0 Å². The standard InChI is InChI=1S/C18H22N4O2S/c1-2-17-21-22-18(25-17)20-16(24)11-10-15(23)19-14-9-5-7-12-6-3-4-8-13(12)14/h3-4,6,8,14H,2,5,7,9-11H2,1H3,(H,19,23)(H,20,22,24)/t14-/m1/s1. The topological polar surface area (TPSA) is 84.0 Å². The Morgan fingerprint density at radius 1 is 1.20 bits per heavy atom. The smallest absolute Gasteiger partial charge is 0.226 e. The van der Waals surface area contributed by atoms with Crippen LogP contribution in [0.1, 0.15) is 54.8 Å². The number of hydrogen-bond donors (Lipinski definition) is 2. The van der Waals surface area contributed by atoms with E-state index in [2.05, 4.69) is 33.0 Å². The zero-order valence-corrected chi connectivity index (χ0v) is 15.1. The molecule has 25 heavy (non-hydrogen) atoms. The predicted octanol–water partition coefficient (Wildman–Crippen LogP) is 3.01. The maximum Gasteiger partial charge on any atom is 0.226 e. The Labute approximate surface area is 151 Å². The van der Waals surface area contributed by atoms with Crippen molar-refractivity contribution in [3.05, 3.63) is 40.4 Å². The van der Waals surface area contributed by atoms with Crippen LogP contribution in [-0.2, 0) is 22.4 Å². The van der Waals surface area contributed by atoms with Crippen LogP contribution >= 0.6 is 11.3 Å². The van der Waals surface area contributed by atoms with E-state index in [0.717, 1.165) is 30.7 Å². The summed E-state index contributed by atoms with van der Waals surface area (Å²) in [6, 6.07) is 8.28. The van der Waals surface area contributed by atoms with Gasteiger partial charge in [-0.05, 0) is 36.8 Å². The van der Waals surface area contributed by atoms with Crippen molar-refractivity contribution in [3.8, 4) is 0 Å². The molecule has 1 aliphatic carbocycles. The lowest BCUT2D eigenvalue weighted by Gasteiger charge is -2.26. The molecule has 1 aromatic heterocycles. The zero-order valence-electron chi connectivity index (χ0n) is 14.2. The Balaban J connectivity index is 1.47. The molecule has 0 saturated carbocycles. The average molecular weight is 358 g/mol. The van der Waals surface area contributed by atoms with Crippen molar-refractivity contribution in [3.63, 3.8) is 0 Å². The monoisotopic (exact) mass is 358 g/mol. The van der Waals surface area contributed by atoms with Crippen LogP contribution in [0.4, 0.5) is 5.13 Å². The average Bonchev–Trinajstić information content (AvgIpc) is 3.08. The zero-order chi connectivity index (χ0) is 17.6. The summed E-state index contributed by atoms with van der Waals surface area (Å²) >= 11 is 1.36. The summed E-state index contributed by atoms with van der Waals surface area (Å²) in [7, 11) is 0. The van der Waals surface area contributed by atoms with Crippen LogP contribution in [0.5, 0.6) is 0 Å². The van der Waals surface area contributed by atoms with Gasteiger partial charge in [-0.25, -0.2) is 0 Å². The van der Waals surface area contributed by atoms with Gasteiger partial charge in [-0.1, -0.05) is 42.5 Å². The third-order valence-electron chi connectivity index (χ3n) is 4.30. The molecule has 132 valence electrons. The quantitative estimate of drug-likeness (QED) is 0.831. The summed E-state index contributed by atoms with van der Waals surface area (Å²) < 4.78 is 0. The second-order valence-electron chi connectivity index (χ2n) is 6.11. The number of nitrogens with zero attached hydrogens (tertiary/aromatic N) is 2. The molecule has 0 spiro atoms. The van der Waals surface area contributed by atoms with Crippen molar-refractivity contribution < 1.29 is 9.59 Å². The molecule has 2 N–H and O–H groups in total. The Kier molecular flexibility index (Phi) is 5.75. The van der Waals surface area contributed by atoms with Crippen molar-refractivity contribution in [2.45, 2.75) is 51.5 Å². The molecular weight excluding hydrogens is 336 g/mol. The summed E-state index contributed by atoms with van der Waals surface area (Å²) in [6.07, 6.45) is 4.18. The van der Waals surface area contributed by atoms with E-state index in [1.165, 1.54) is 22.5 Å². The van der Waals surface area contributed by atoms with E-state index in [1.54, 1.807) is 0 Å². The summed E-state index contributed by atoms with van der Waals surface area (Å²) in [5.74, 6) is -0.304. The molecule has 1 aliphatic rings. The summed E-state index contributed by atoms with van der Waals surface area (Å²) in [5.41, 5.74) is 2.51. The molecule has 1 heterocycles. The molecule has 7 heteroatoms. The molecule has 0 aliphatic heterocycles. The molecular formula is C18H22N4O2S. The highest BCUT2D eigenvalue weighted by molar-refractivity contribution is 7.15. The molecule has 6 nitrogen and oxygen atoms in total. The van der Waals surface area contributed by atoms with E-state index in [-0.39, 0.29) is 30.7 Å². The van der Waals surface area contributed by atoms with Gasteiger partial charge in [0.25, 0.3) is 0 Å². The maximum absolute atomic E-state index is 12.2. The van der Waals surface area contributed by atoms with Gasteiger partial charge in [0, 0.05) is 12.8 Å². The molecule has 1 aromatic carbocycles. The van der Waals surface area contributed by atoms with E-state index in [9.17, 15) is 9.59 Å². The summed E-state index contributed by atoms with van der Waals surface area (Å²) in [5, 5.41) is 15.0.